The van der Waals surface area contributed by atoms with Crippen LogP contribution in [0, 0.1) is 6.92 Å². The largest absolute Gasteiger partial charge is 0.389 e. The first kappa shape index (κ1) is 14.4. The van der Waals surface area contributed by atoms with Crippen LogP contribution < -0.4 is 10.6 Å². The molecule has 0 spiro atoms. The Morgan fingerprint density at radius 1 is 1.45 bits per heavy atom. The maximum atomic E-state index is 11.7. The Balaban J connectivity index is 1.92. The first-order valence-electron chi connectivity index (χ1n) is 6.39. The highest BCUT2D eigenvalue weighted by Crippen LogP contribution is 2.19. The second-order valence-electron chi connectivity index (χ2n) is 4.70. The average Bonchev–Trinajstić information content (AvgIpc) is 2.76. The molecule has 0 aliphatic rings. The number of ether oxygens (including phenoxy) is 1. The Morgan fingerprint density at radius 2 is 2.25 bits per heavy atom. The van der Waals surface area contributed by atoms with Gasteiger partial charge in [-0.1, -0.05) is 0 Å². The highest BCUT2D eigenvalue weighted by atomic mass is 16.5. The van der Waals surface area contributed by atoms with Gasteiger partial charge in [-0.2, -0.15) is 0 Å². The van der Waals surface area contributed by atoms with Crippen molar-refractivity contribution in [3.8, 4) is 0 Å². The van der Waals surface area contributed by atoms with Crippen molar-refractivity contribution < 1.29 is 14.6 Å². The summed E-state index contributed by atoms with van der Waals surface area (Å²) in [6, 6.07) is 7.29. The second-order valence-corrected chi connectivity index (χ2v) is 4.70. The lowest BCUT2D eigenvalue weighted by atomic mass is 10.2. The summed E-state index contributed by atoms with van der Waals surface area (Å²) in [5, 5.41) is 15.8. The predicted molar refractivity (Wildman–Crippen MR) is 77.9 cm³/mol. The Bertz CT molecular complexity index is 594. The van der Waals surface area contributed by atoms with Gasteiger partial charge >= 0.3 is 6.03 Å². The number of nitrogens with one attached hydrogen (secondary N) is 3. The van der Waals surface area contributed by atoms with Crippen LogP contribution in [0.1, 0.15) is 5.69 Å². The van der Waals surface area contributed by atoms with E-state index in [0.29, 0.717) is 5.69 Å². The van der Waals surface area contributed by atoms with Crippen LogP contribution in [-0.4, -0.2) is 42.5 Å². The normalized spacial score (nSPS) is 12.3. The maximum absolute atomic E-state index is 11.7. The zero-order valence-electron chi connectivity index (χ0n) is 11.6. The van der Waals surface area contributed by atoms with E-state index in [0.717, 1.165) is 16.6 Å². The number of carbonyl (C=O) groups excluding carboxylic acids is 1. The van der Waals surface area contributed by atoms with Crippen LogP contribution in [0.3, 0.4) is 0 Å². The minimum Gasteiger partial charge on any atom is -0.389 e. The number of fused-ring (bicyclic) bond motifs is 1. The number of methoxy groups -OCH3 is 1. The third-order valence-electron chi connectivity index (χ3n) is 2.87. The number of amides is 2. The van der Waals surface area contributed by atoms with E-state index in [-0.39, 0.29) is 19.2 Å². The minimum absolute atomic E-state index is 0.144. The molecule has 0 aliphatic heterocycles. The standard InChI is InChI=1S/C14H19N3O3/c1-9-5-10-6-11(3-4-13(10)16-9)17-14(19)15-7-12(18)8-20-2/h3-6,12,16,18H,7-8H2,1-2H3,(H2,15,17,19). The van der Waals surface area contributed by atoms with Gasteiger partial charge in [-0.15, -0.1) is 0 Å². The van der Waals surface area contributed by atoms with Gasteiger partial charge in [0, 0.05) is 35.9 Å². The summed E-state index contributed by atoms with van der Waals surface area (Å²) >= 11 is 0. The van der Waals surface area contributed by atoms with Gasteiger partial charge in [-0.05, 0) is 31.2 Å². The predicted octanol–water partition coefficient (Wildman–Crippen LogP) is 1.61. The molecule has 0 aliphatic carbocycles. The Morgan fingerprint density at radius 3 is 3.00 bits per heavy atom. The van der Waals surface area contributed by atoms with Crippen molar-refractivity contribution in [2.75, 3.05) is 25.6 Å². The molecule has 0 radical (unpaired) electrons. The lowest BCUT2D eigenvalue weighted by molar-refractivity contribution is 0.0663. The number of hydrogen-bond donors (Lipinski definition) is 4. The van der Waals surface area contributed by atoms with E-state index in [9.17, 15) is 9.90 Å². The molecule has 0 saturated carbocycles. The Hall–Kier alpha value is -2.05. The Kier molecular flexibility index (Phi) is 4.60. The molecule has 6 heteroatoms. The summed E-state index contributed by atoms with van der Waals surface area (Å²) in [5.74, 6) is 0. The molecular formula is C14H19N3O3. The van der Waals surface area contributed by atoms with E-state index >= 15 is 0 Å². The molecule has 4 N–H and O–H groups in total. The molecule has 1 atom stereocenters. The van der Waals surface area contributed by atoms with Crippen LogP contribution in [0.15, 0.2) is 24.3 Å². The summed E-state index contributed by atoms with van der Waals surface area (Å²) in [5.41, 5.74) is 2.81. The number of aliphatic hydroxyl groups is 1. The highest BCUT2D eigenvalue weighted by molar-refractivity contribution is 5.92. The summed E-state index contributed by atoms with van der Waals surface area (Å²) in [6.45, 7) is 2.32. The monoisotopic (exact) mass is 277 g/mol. The molecule has 1 aromatic carbocycles. The van der Waals surface area contributed by atoms with Crippen LogP contribution in [0.25, 0.3) is 10.9 Å². The molecule has 2 aromatic rings. The molecule has 1 aromatic heterocycles. The molecule has 0 bridgehead atoms. The van der Waals surface area contributed by atoms with Gasteiger partial charge in [0.15, 0.2) is 0 Å². The van der Waals surface area contributed by atoms with E-state index in [1.807, 2.05) is 31.2 Å². The number of urea groups is 1. The molecule has 1 unspecified atom stereocenters. The average molecular weight is 277 g/mol. The molecule has 108 valence electrons. The van der Waals surface area contributed by atoms with Gasteiger partial charge < -0.3 is 25.5 Å². The first-order valence-corrected chi connectivity index (χ1v) is 6.39. The van der Waals surface area contributed by atoms with Crippen molar-refractivity contribution in [3.05, 3.63) is 30.0 Å². The lowest BCUT2D eigenvalue weighted by Crippen LogP contribution is -2.36. The van der Waals surface area contributed by atoms with E-state index < -0.39 is 6.10 Å². The van der Waals surface area contributed by atoms with Crippen LogP contribution in [0.4, 0.5) is 10.5 Å². The van der Waals surface area contributed by atoms with Gasteiger partial charge in [-0.25, -0.2) is 4.79 Å². The number of aromatic nitrogens is 1. The zero-order valence-corrected chi connectivity index (χ0v) is 11.6. The number of aliphatic hydroxyl groups excluding tert-OH is 1. The molecule has 0 fully saturated rings. The van der Waals surface area contributed by atoms with Crippen molar-refractivity contribution in [3.63, 3.8) is 0 Å². The SMILES string of the molecule is COCC(O)CNC(=O)Nc1ccc2[nH]c(C)cc2c1. The van der Waals surface area contributed by atoms with Gasteiger partial charge in [0.1, 0.15) is 0 Å². The molecular weight excluding hydrogens is 258 g/mol. The van der Waals surface area contributed by atoms with E-state index in [4.69, 9.17) is 4.74 Å². The number of aromatic amines is 1. The number of benzene rings is 1. The smallest absolute Gasteiger partial charge is 0.319 e. The quantitative estimate of drug-likeness (QED) is 0.669. The second kappa shape index (κ2) is 6.40. The zero-order chi connectivity index (χ0) is 14.5. The number of aryl methyl sites for hydroxylation is 1. The molecule has 6 nitrogen and oxygen atoms in total. The fourth-order valence-corrected chi connectivity index (χ4v) is 1.99. The summed E-state index contributed by atoms with van der Waals surface area (Å²) < 4.78 is 4.78. The topological polar surface area (TPSA) is 86.4 Å². The van der Waals surface area contributed by atoms with Gasteiger partial charge in [0.05, 0.1) is 12.7 Å². The van der Waals surface area contributed by atoms with Crippen LogP contribution in [0.2, 0.25) is 0 Å². The number of rotatable bonds is 5. The number of hydrogen-bond acceptors (Lipinski definition) is 3. The van der Waals surface area contributed by atoms with Gasteiger partial charge in [-0.3, -0.25) is 0 Å². The van der Waals surface area contributed by atoms with Crippen molar-refractivity contribution in [2.24, 2.45) is 0 Å². The van der Waals surface area contributed by atoms with Crippen molar-refractivity contribution in [1.82, 2.24) is 10.3 Å². The summed E-state index contributed by atoms with van der Waals surface area (Å²) in [4.78, 5) is 14.9. The van der Waals surface area contributed by atoms with E-state index in [2.05, 4.69) is 15.6 Å². The highest BCUT2D eigenvalue weighted by Gasteiger charge is 2.07. The van der Waals surface area contributed by atoms with E-state index in [1.54, 1.807) is 0 Å². The van der Waals surface area contributed by atoms with E-state index in [1.165, 1.54) is 7.11 Å². The molecule has 2 amide bonds. The number of anilines is 1. The molecule has 1 heterocycles. The molecule has 2 rings (SSSR count). The van der Waals surface area contributed by atoms with Crippen LogP contribution >= 0.6 is 0 Å². The third-order valence-corrected chi connectivity index (χ3v) is 2.87. The number of carbonyl (C=O) groups is 1. The van der Waals surface area contributed by atoms with Crippen LogP contribution in [-0.2, 0) is 4.74 Å². The number of H-pyrrole nitrogens is 1. The van der Waals surface area contributed by atoms with Gasteiger partial charge in [0.2, 0.25) is 0 Å². The summed E-state index contributed by atoms with van der Waals surface area (Å²) in [6.07, 6.45) is -0.708. The van der Waals surface area contributed by atoms with Crippen molar-refractivity contribution >= 4 is 22.6 Å². The van der Waals surface area contributed by atoms with Crippen LogP contribution in [0.5, 0.6) is 0 Å². The third kappa shape index (κ3) is 3.72. The molecule has 20 heavy (non-hydrogen) atoms. The van der Waals surface area contributed by atoms with Crippen molar-refractivity contribution in [2.45, 2.75) is 13.0 Å². The maximum Gasteiger partial charge on any atom is 0.319 e. The first-order chi connectivity index (χ1) is 9.58. The van der Waals surface area contributed by atoms with Gasteiger partial charge in [0.25, 0.3) is 0 Å². The lowest BCUT2D eigenvalue weighted by Gasteiger charge is -2.11. The fraction of sp³-hybridized carbons (Fsp3) is 0.357. The minimum atomic E-state index is -0.708. The summed E-state index contributed by atoms with van der Waals surface area (Å²) in [7, 11) is 1.50. The fourth-order valence-electron chi connectivity index (χ4n) is 1.99. The molecule has 0 saturated heterocycles. The Labute approximate surface area is 117 Å². The van der Waals surface area contributed by atoms with Crippen molar-refractivity contribution in [1.29, 1.82) is 0 Å².